The van der Waals surface area contributed by atoms with E-state index in [9.17, 15) is 14.3 Å². The van der Waals surface area contributed by atoms with Crippen LogP contribution >= 0.6 is 12.4 Å². The average Bonchev–Trinajstić information content (AvgIpc) is 2.46. The number of halogens is 2. The first-order valence-electron chi connectivity index (χ1n) is 7.06. The van der Waals surface area contributed by atoms with Crippen molar-refractivity contribution in [2.24, 2.45) is 28.1 Å². The van der Waals surface area contributed by atoms with Crippen LogP contribution in [0.2, 0.25) is 0 Å². The Balaban J connectivity index is 0.00000104. The summed E-state index contributed by atoms with van der Waals surface area (Å²) >= 11 is 0. The van der Waals surface area contributed by atoms with Crippen molar-refractivity contribution in [3.63, 3.8) is 0 Å². The highest BCUT2D eigenvalue weighted by Crippen LogP contribution is 2.27. The molecule has 0 saturated heterocycles. The molecule has 10 heteroatoms. The molecule has 1 aliphatic heterocycles. The first-order chi connectivity index (χ1) is 11.1. The maximum absolute atomic E-state index is 13.0. The molecule has 1 aromatic carbocycles. The number of carboxylic acids is 1. The Labute approximate surface area is 150 Å². The first kappa shape index (κ1) is 22.2. The second-order valence-corrected chi connectivity index (χ2v) is 5.38. The van der Waals surface area contributed by atoms with Crippen molar-refractivity contribution in [2.75, 3.05) is 0 Å². The molecule has 0 aliphatic carbocycles. The van der Waals surface area contributed by atoms with E-state index < -0.39 is 12.0 Å². The van der Waals surface area contributed by atoms with Crippen LogP contribution in [0.25, 0.3) is 5.70 Å². The minimum Gasteiger partial charge on any atom is -0.478 e. The van der Waals surface area contributed by atoms with Gasteiger partial charge in [-0.15, -0.1) is 12.4 Å². The van der Waals surface area contributed by atoms with Crippen LogP contribution < -0.4 is 22.5 Å². The van der Waals surface area contributed by atoms with Crippen LogP contribution in [-0.2, 0) is 4.79 Å². The molecule has 8 nitrogen and oxygen atoms in total. The molecule has 25 heavy (non-hydrogen) atoms. The van der Waals surface area contributed by atoms with E-state index in [0.29, 0.717) is 11.3 Å². The van der Waals surface area contributed by atoms with Crippen LogP contribution in [-0.4, -0.2) is 29.0 Å². The molecule has 1 aromatic rings. The van der Waals surface area contributed by atoms with Crippen molar-refractivity contribution >= 4 is 36.0 Å². The molecule has 1 unspecified atom stereocenters. The van der Waals surface area contributed by atoms with Crippen molar-refractivity contribution in [3.8, 4) is 0 Å². The zero-order chi connectivity index (χ0) is 18.4. The molecule has 0 fully saturated rings. The van der Waals surface area contributed by atoms with E-state index in [1.807, 2.05) is 13.8 Å². The fourth-order valence-electron chi connectivity index (χ4n) is 2.15. The zero-order valence-corrected chi connectivity index (χ0v) is 14.6. The molecule has 2 rings (SSSR count). The Kier molecular flexibility index (Phi) is 8.41. The minimum absolute atomic E-state index is 0. The Morgan fingerprint density at radius 3 is 2.20 bits per heavy atom. The van der Waals surface area contributed by atoms with Gasteiger partial charge in [0.05, 0.1) is 17.3 Å². The monoisotopic (exact) mass is 372 g/mol. The molecule has 1 heterocycles. The Morgan fingerprint density at radius 1 is 1.32 bits per heavy atom. The fourth-order valence-corrected chi connectivity index (χ4v) is 2.15. The van der Waals surface area contributed by atoms with Crippen molar-refractivity contribution in [1.29, 1.82) is 5.41 Å². The number of guanidine groups is 2. The molecule has 0 radical (unpaired) electrons. The smallest absolute Gasteiger partial charge is 0.335 e. The molecular formula is C15H22ClFN6O2. The van der Waals surface area contributed by atoms with E-state index in [4.69, 9.17) is 11.1 Å². The zero-order valence-electron chi connectivity index (χ0n) is 13.8. The van der Waals surface area contributed by atoms with Gasteiger partial charge in [-0.25, -0.2) is 14.2 Å². The van der Waals surface area contributed by atoms with E-state index >= 15 is 0 Å². The second-order valence-electron chi connectivity index (χ2n) is 5.38. The summed E-state index contributed by atoms with van der Waals surface area (Å²) in [4.78, 5) is 15.7. The standard InChI is InChI=1S/C14H16FN3O2.CH5N3.ClH/c1-7(2)11-10(13(19)20)12(18-14(16)17-11)8-3-5-9(15)6-4-8;2-1(3)4;/h3-7,11H,1-2H3,(H,19,20)(H3,16,17,18);(H5,2,3,4);1H. The van der Waals surface area contributed by atoms with Gasteiger partial charge in [-0.2, -0.15) is 0 Å². The Morgan fingerprint density at radius 2 is 1.80 bits per heavy atom. The molecule has 0 bridgehead atoms. The van der Waals surface area contributed by atoms with Crippen LogP contribution in [0.4, 0.5) is 4.39 Å². The summed E-state index contributed by atoms with van der Waals surface area (Å²) in [6.45, 7) is 3.75. The molecule has 0 amide bonds. The van der Waals surface area contributed by atoms with Crippen LogP contribution in [0.15, 0.2) is 34.8 Å². The summed E-state index contributed by atoms with van der Waals surface area (Å²) in [5.74, 6) is -1.64. The van der Waals surface area contributed by atoms with E-state index in [1.54, 1.807) is 0 Å². The van der Waals surface area contributed by atoms with Crippen molar-refractivity contribution in [2.45, 2.75) is 19.9 Å². The number of nitrogens with two attached hydrogens (primary N) is 3. The number of hydrogen-bond acceptors (Lipinski definition) is 5. The lowest BCUT2D eigenvalue weighted by Gasteiger charge is -2.27. The summed E-state index contributed by atoms with van der Waals surface area (Å²) in [6.07, 6.45) is 0. The summed E-state index contributed by atoms with van der Waals surface area (Å²) in [6, 6.07) is 5.03. The van der Waals surface area contributed by atoms with E-state index in [2.05, 4.69) is 21.8 Å². The van der Waals surface area contributed by atoms with Crippen LogP contribution in [0.1, 0.15) is 19.4 Å². The van der Waals surface area contributed by atoms with E-state index in [1.165, 1.54) is 24.3 Å². The molecule has 9 N–H and O–H groups in total. The molecule has 0 saturated carbocycles. The van der Waals surface area contributed by atoms with Gasteiger partial charge in [0.2, 0.25) is 0 Å². The van der Waals surface area contributed by atoms with Gasteiger partial charge in [-0.1, -0.05) is 13.8 Å². The van der Waals surface area contributed by atoms with Gasteiger partial charge in [-0.05, 0) is 35.7 Å². The van der Waals surface area contributed by atoms with Gasteiger partial charge in [0.25, 0.3) is 0 Å². The maximum atomic E-state index is 13.0. The number of rotatable bonds is 3. The number of nitrogens with one attached hydrogen (secondary N) is 2. The normalized spacial score (nSPS) is 16.0. The number of nitrogens with zero attached hydrogens (tertiary/aromatic N) is 1. The topological polar surface area (TPSA) is 164 Å². The van der Waals surface area contributed by atoms with E-state index in [0.717, 1.165) is 0 Å². The quantitative estimate of drug-likeness (QED) is 0.339. The molecule has 138 valence electrons. The average molecular weight is 373 g/mol. The predicted octanol–water partition coefficient (Wildman–Crippen LogP) is 0.824. The summed E-state index contributed by atoms with van der Waals surface area (Å²) in [7, 11) is 0. The molecule has 1 aliphatic rings. The van der Waals surface area contributed by atoms with Gasteiger partial charge < -0.3 is 27.6 Å². The van der Waals surface area contributed by atoms with Gasteiger partial charge in [0.15, 0.2) is 11.9 Å². The Bertz CT molecular complexity index is 684. The molecular weight excluding hydrogens is 351 g/mol. The van der Waals surface area contributed by atoms with Crippen LogP contribution in [0.3, 0.4) is 0 Å². The maximum Gasteiger partial charge on any atom is 0.335 e. The molecule has 0 aromatic heterocycles. The van der Waals surface area contributed by atoms with Crippen molar-refractivity contribution in [1.82, 2.24) is 5.32 Å². The highest BCUT2D eigenvalue weighted by Gasteiger charge is 2.31. The van der Waals surface area contributed by atoms with Crippen LogP contribution in [0.5, 0.6) is 0 Å². The van der Waals surface area contributed by atoms with Crippen LogP contribution in [0, 0.1) is 17.1 Å². The first-order valence-corrected chi connectivity index (χ1v) is 7.06. The lowest BCUT2D eigenvalue weighted by Crippen LogP contribution is -2.41. The number of aliphatic carboxylic acids is 1. The number of hydrogen-bond donors (Lipinski definition) is 6. The number of carboxylic acid groups (broad SMARTS) is 1. The summed E-state index contributed by atoms with van der Waals surface area (Å²) < 4.78 is 13.0. The third kappa shape index (κ3) is 6.30. The Hall–Kier alpha value is -2.81. The molecule has 0 spiro atoms. The van der Waals surface area contributed by atoms with Gasteiger partial charge in [0, 0.05) is 0 Å². The predicted molar refractivity (Wildman–Crippen MR) is 97.7 cm³/mol. The van der Waals surface area contributed by atoms with Gasteiger partial charge in [-0.3, -0.25) is 5.41 Å². The highest BCUT2D eigenvalue weighted by atomic mass is 35.5. The summed E-state index contributed by atoms with van der Waals surface area (Å²) in [5.41, 5.74) is 15.7. The SMILES string of the molecule is CC(C)C1N=C(N)NC(c2ccc(F)cc2)=C1C(=O)O.Cl.N=C(N)N. The second kappa shape index (κ2) is 9.48. The van der Waals surface area contributed by atoms with Gasteiger partial charge >= 0.3 is 5.97 Å². The number of aliphatic imine (C=N–C) groups is 1. The summed E-state index contributed by atoms with van der Waals surface area (Å²) in [5, 5.41) is 18.3. The minimum atomic E-state index is -1.06. The molecule has 1 atom stereocenters. The third-order valence-corrected chi connectivity index (χ3v) is 3.09. The van der Waals surface area contributed by atoms with Gasteiger partial charge in [0.1, 0.15) is 5.82 Å². The van der Waals surface area contributed by atoms with Crippen molar-refractivity contribution in [3.05, 3.63) is 41.2 Å². The highest BCUT2D eigenvalue weighted by molar-refractivity contribution is 6.03. The number of benzene rings is 1. The van der Waals surface area contributed by atoms with E-state index in [-0.39, 0.29) is 41.6 Å². The lowest BCUT2D eigenvalue weighted by atomic mass is 9.91. The lowest BCUT2D eigenvalue weighted by molar-refractivity contribution is -0.133. The largest absolute Gasteiger partial charge is 0.478 e. The third-order valence-electron chi connectivity index (χ3n) is 3.09. The fraction of sp³-hybridized carbons (Fsp3) is 0.267. The van der Waals surface area contributed by atoms with Crippen molar-refractivity contribution < 1.29 is 14.3 Å². The number of carbonyl (C=O) groups is 1.